The van der Waals surface area contributed by atoms with E-state index in [4.69, 9.17) is 4.74 Å². The quantitative estimate of drug-likeness (QED) is 0.305. The molecule has 38 heavy (non-hydrogen) atoms. The largest absolute Gasteiger partial charge is 0.464 e. The zero-order valence-electron chi connectivity index (χ0n) is 22.1. The first-order chi connectivity index (χ1) is 18.5. The van der Waals surface area contributed by atoms with Crippen molar-refractivity contribution in [3.63, 3.8) is 0 Å². The fraction of sp³-hybridized carbons (Fsp3) is 0.593. The summed E-state index contributed by atoms with van der Waals surface area (Å²) in [5, 5.41) is 10.8. The molecule has 5 rings (SSSR count). The smallest absolute Gasteiger partial charge is 0.363 e. The number of pyridine rings is 2. The molecule has 0 spiro atoms. The van der Waals surface area contributed by atoms with Gasteiger partial charge in [0.2, 0.25) is 0 Å². The van der Waals surface area contributed by atoms with Crippen LogP contribution in [-0.2, 0) is 4.74 Å². The van der Waals surface area contributed by atoms with Crippen molar-refractivity contribution in [2.75, 3.05) is 75.8 Å². The molecule has 3 fully saturated rings. The van der Waals surface area contributed by atoms with Crippen molar-refractivity contribution in [1.82, 2.24) is 19.8 Å². The van der Waals surface area contributed by atoms with Crippen molar-refractivity contribution in [3.8, 4) is 0 Å². The molecule has 0 amide bonds. The molecule has 5 heterocycles. The van der Waals surface area contributed by atoms with Gasteiger partial charge in [-0.05, 0) is 59.7 Å². The number of nitrogens with zero attached hydrogens (tertiary/aromatic N) is 7. The van der Waals surface area contributed by atoms with Crippen LogP contribution in [0.2, 0.25) is 0 Å². The molecule has 0 N–H and O–H groups in total. The van der Waals surface area contributed by atoms with Crippen LogP contribution in [0.4, 0.5) is 17.2 Å². The van der Waals surface area contributed by atoms with Gasteiger partial charge in [0.25, 0.3) is 0 Å². The summed E-state index contributed by atoms with van der Waals surface area (Å²) in [6.45, 7) is 9.65. The van der Waals surface area contributed by atoms with Gasteiger partial charge >= 0.3 is 11.8 Å². The summed E-state index contributed by atoms with van der Waals surface area (Å²) < 4.78 is 4.74. The number of piperidine rings is 2. The maximum Gasteiger partial charge on any atom is 0.363 e. The van der Waals surface area contributed by atoms with Crippen molar-refractivity contribution >= 4 is 23.2 Å². The van der Waals surface area contributed by atoms with Crippen molar-refractivity contribution in [2.45, 2.75) is 31.7 Å². The van der Waals surface area contributed by atoms with E-state index in [0.29, 0.717) is 17.7 Å². The molecule has 11 nitrogen and oxygen atoms in total. The molecule has 0 aromatic carbocycles. The van der Waals surface area contributed by atoms with Gasteiger partial charge in [-0.2, -0.15) is 0 Å². The van der Waals surface area contributed by atoms with Crippen LogP contribution in [0, 0.1) is 16.0 Å². The standard InChI is InChI=1S/C27H37N7O4/c1-38-27(35)25-4-2-23(18-28-25)32-12-8-22(9-13-32)33-16-14-30(15-17-33)20-21-6-10-31(11-7-21)24-3-5-26(29-19-24)34(36)37/h2-5,18-19,21-22H,6-17,20H2,1H3. The SMILES string of the molecule is COC(=O)c1ccc(N2CCC(N3CCN(CC4CCN(c5ccc([N+](=O)[O-])nc5)CC4)CC3)CC2)cn1. The number of ether oxygens (including phenoxy) is 1. The van der Waals surface area contributed by atoms with Crippen LogP contribution in [0.1, 0.15) is 36.2 Å². The summed E-state index contributed by atoms with van der Waals surface area (Å²) in [7, 11) is 1.37. The van der Waals surface area contributed by atoms with Gasteiger partial charge in [0, 0.05) is 71.0 Å². The lowest BCUT2D eigenvalue weighted by Crippen LogP contribution is -2.54. The Labute approximate surface area is 223 Å². The second-order valence-electron chi connectivity index (χ2n) is 10.5. The highest BCUT2D eigenvalue weighted by molar-refractivity contribution is 5.87. The summed E-state index contributed by atoms with van der Waals surface area (Å²) in [5.74, 6) is 0.197. The Morgan fingerprint density at radius 2 is 1.50 bits per heavy atom. The summed E-state index contributed by atoms with van der Waals surface area (Å²) in [4.78, 5) is 40.2. The number of methoxy groups -OCH3 is 1. The molecule has 11 heteroatoms. The molecule has 0 saturated carbocycles. The number of carbonyl (C=O) groups is 1. The zero-order chi connectivity index (χ0) is 26.5. The summed E-state index contributed by atoms with van der Waals surface area (Å²) in [6, 6.07) is 7.64. The number of hydrogen-bond donors (Lipinski definition) is 0. The topological polar surface area (TPSA) is 108 Å². The molecule has 0 radical (unpaired) electrons. The molecule has 0 bridgehead atoms. The molecule has 3 aliphatic heterocycles. The minimum atomic E-state index is -0.453. The van der Waals surface area contributed by atoms with E-state index in [-0.39, 0.29) is 5.82 Å². The van der Waals surface area contributed by atoms with Gasteiger partial charge in [0.15, 0.2) is 6.20 Å². The second kappa shape index (κ2) is 12.0. The van der Waals surface area contributed by atoms with Crippen molar-refractivity contribution < 1.29 is 14.5 Å². The lowest BCUT2D eigenvalue weighted by atomic mass is 9.95. The third-order valence-electron chi connectivity index (χ3n) is 8.31. The zero-order valence-corrected chi connectivity index (χ0v) is 22.1. The van der Waals surface area contributed by atoms with Crippen LogP contribution in [0.3, 0.4) is 0 Å². The Bertz CT molecular complexity index is 1070. The molecule has 2 aromatic heterocycles. The van der Waals surface area contributed by atoms with Crippen molar-refractivity contribution in [3.05, 3.63) is 52.5 Å². The first-order valence-corrected chi connectivity index (χ1v) is 13.6. The van der Waals surface area contributed by atoms with Crippen LogP contribution in [0.5, 0.6) is 0 Å². The van der Waals surface area contributed by atoms with Crippen molar-refractivity contribution in [2.24, 2.45) is 5.92 Å². The highest BCUT2D eigenvalue weighted by atomic mass is 16.6. The average Bonchev–Trinajstić information content (AvgIpc) is 2.98. The maximum atomic E-state index is 11.6. The van der Waals surface area contributed by atoms with E-state index in [1.54, 1.807) is 18.5 Å². The van der Waals surface area contributed by atoms with Crippen LogP contribution < -0.4 is 9.80 Å². The fourth-order valence-corrected chi connectivity index (χ4v) is 6.01. The number of anilines is 2. The fourth-order valence-electron chi connectivity index (χ4n) is 6.01. The first kappa shape index (κ1) is 26.3. The molecule has 3 aliphatic rings. The third kappa shape index (κ3) is 6.21. The van der Waals surface area contributed by atoms with Gasteiger partial charge in [-0.1, -0.05) is 0 Å². The second-order valence-corrected chi connectivity index (χ2v) is 10.5. The number of nitro groups is 1. The Hall–Kier alpha value is -3.31. The van der Waals surface area contributed by atoms with Crippen LogP contribution in [0.25, 0.3) is 0 Å². The molecule has 3 saturated heterocycles. The monoisotopic (exact) mass is 523 g/mol. The number of carbonyl (C=O) groups excluding carboxylic acids is 1. The molecule has 0 unspecified atom stereocenters. The van der Waals surface area contributed by atoms with Gasteiger partial charge in [-0.3, -0.25) is 4.90 Å². The summed E-state index contributed by atoms with van der Waals surface area (Å²) in [5.41, 5.74) is 2.39. The summed E-state index contributed by atoms with van der Waals surface area (Å²) in [6.07, 6.45) is 7.98. The predicted octanol–water partition coefficient (Wildman–Crippen LogP) is 2.67. The van der Waals surface area contributed by atoms with E-state index in [2.05, 4.69) is 29.6 Å². The van der Waals surface area contributed by atoms with Gasteiger partial charge < -0.3 is 29.6 Å². The Morgan fingerprint density at radius 1 is 0.895 bits per heavy atom. The van der Waals surface area contributed by atoms with E-state index in [1.165, 1.54) is 13.2 Å². The lowest BCUT2D eigenvalue weighted by Gasteiger charge is -2.44. The number of rotatable bonds is 7. The Morgan fingerprint density at radius 3 is 2.03 bits per heavy atom. The minimum absolute atomic E-state index is 0.0996. The van der Waals surface area contributed by atoms with Crippen LogP contribution in [-0.4, -0.2) is 103 Å². The third-order valence-corrected chi connectivity index (χ3v) is 8.31. The van der Waals surface area contributed by atoms with E-state index < -0.39 is 10.9 Å². The van der Waals surface area contributed by atoms with Crippen LogP contribution in [0.15, 0.2) is 36.7 Å². The average molecular weight is 524 g/mol. The van der Waals surface area contributed by atoms with Gasteiger partial charge in [-0.25, -0.2) is 9.78 Å². The number of piperazine rings is 1. The lowest BCUT2D eigenvalue weighted by molar-refractivity contribution is -0.389. The molecular formula is C27H37N7O4. The number of hydrogen-bond acceptors (Lipinski definition) is 10. The van der Waals surface area contributed by atoms with Gasteiger partial charge in [0.05, 0.1) is 24.7 Å². The first-order valence-electron chi connectivity index (χ1n) is 13.6. The molecule has 204 valence electrons. The number of esters is 1. The normalized spacial score (nSPS) is 20.4. The van der Waals surface area contributed by atoms with Crippen molar-refractivity contribution in [1.29, 1.82) is 0 Å². The van der Waals surface area contributed by atoms with Gasteiger partial charge in [0.1, 0.15) is 5.69 Å². The molecule has 2 aromatic rings. The summed E-state index contributed by atoms with van der Waals surface area (Å²) >= 11 is 0. The van der Waals surface area contributed by atoms with E-state index in [9.17, 15) is 14.9 Å². The van der Waals surface area contributed by atoms with Gasteiger partial charge in [-0.15, -0.1) is 0 Å². The molecular weight excluding hydrogens is 486 g/mol. The predicted molar refractivity (Wildman–Crippen MR) is 145 cm³/mol. The van der Waals surface area contributed by atoms with E-state index >= 15 is 0 Å². The Kier molecular flexibility index (Phi) is 8.33. The molecule has 0 aliphatic carbocycles. The minimum Gasteiger partial charge on any atom is -0.464 e. The highest BCUT2D eigenvalue weighted by Gasteiger charge is 2.29. The van der Waals surface area contributed by atoms with Crippen LogP contribution >= 0.6 is 0 Å². The number of aromatic nitrogens is 2. The van der Waals surface area contributed by atoms with E-state index in [1.807, 2.05) is 12.1 Å². The maximum absolute atomic E-state index is 11.6. The van der Waals surface area contributed by atoms with E-state index in [0.717, 1.165) is 96.0 Å². The Balaban J connectivity index is 1.01. The molecule has 0 atom stereocenters. The highest BCUT2D eigenvalue weighted by Crippen LogP contribution is 2.26.